The lowest BCUT2D eigenvalue weighted by Crippen LogP contribution is -2.66. The van der Waals surface area contributed by atoms with Gasteiger partial charge in [0, 0.05) is 11.9 Å². The Morgan fingerprint density at radius 3 is 2.30 bits per heavy atom. The maximum atomic E-state index is 12.4. The molecule has 4 N–H and O–H groups in total. The Kier molecular flexibility index (Phi) is 7.58. The summed E-state index contributed by atoms with van der Waals surface area (Å²) in [5.74, 6) is -0.0297. The van der Waals surface area contributed by atoms with Gasteiger partial charge in [-0.3, -0.25) is 4.90 Å². The molecule has 0 spiro atoms. The first-order valence-corrected chi connectivity index (χ1v) is 7.63. The van der Waals surface area contributed by atoms with E-state index in [9.17, 15) is 30.1 Å². The summed E-state index contributed by atoms with van der Waals surface area (Å²) in [6, 6.07) is -1.41. The molecule has 1 fully saturated rings. The van der Waals surface area contributed by atoms with Crippen LogP contribution in [0.3, 0.4) is 0 Å². The fourth-order valence-electron chi connectivity index (χ4n) is 2.32. The molecule has 0 bridgehead atoms. The highest BCUT2D eigenvalue weighted by Crippen LogP contribution is 2.26. The minimum atomic E-state index is -1.64. The third kappa shape index (κ3) is 4.28. The third-order valence-corrected chi connectivity index (χ3v) is 3.70. The van der Waals surface area contributed by atoms with E-state index in [1.807, 2.05) is 0 Å². The van der Waals surface area contributed by atoms with Gasteiger partial charge in [0.1, 0.15) is 24.4 Å². The van der Waals surface area contributed by atoms with Crippen molar-refractivity contribution in [1.29, 1.82) is 0 Å². The molecule has 0 aromatic rings. The second kappa shape index (κ2) is 8.71. The predicted molar refractivity (Wildman–Crippen MR) is 79.4 cm³/mol. The molecule has 0 aromatic heterocycles. The van der Waals surface area contributed by atoms with E-state index < -0.39 is 49.3 Å². The number of carbonyl (C=O) groups excluding carboxylic acids is 1. The van der Waals surface area contributed by atoms with E-state index in [0.29, 0.717) is 5.01 Å². The minimum absolute atomic E-state index is 0.0297. The molecule has 134 valence electrons. The summed E-state index contributed by atoms with van der Waals surface area (Å²) in [5, 5.41) is 42.1. The summed E-state index contributed by atoms with van der Waals surface area (Å²) in [5.41, 5.74) is 0. The van der Waals surface area contributed by atoms with Gasteiger partial charge < -0.3 is 25.2 Å². The van der Waals surface area contributed by atoms with Crippen LogP contribution in [0.5, 0.6) is 0 Å². The standard InChI is InChI=1S/C12H22ClN3O7/c1-6(2)16(12(21)15(14-22)4-3-13)11-10(20)9(19)8(18)7(5-17)23-11/h6-11,17-20H,3-5H2,1-2H3/t7-,8+,9+,10-,11?/m1/s1. The molecule has 5 atom stereocenters. The molecule has 1 aliphatic rings. The first-order valence-electron chi connectivity index (χ1n) is 7.09. The largest absolute Gasteiger partial charge is 0.394 e. The molecule has 0 saturated carbocycles. The number of nitroso groups, excluding NO2 is 1. The molecule has 0 aromatic carbocycles. The fourth-order valence-corrected chi connectivity index (χ4v) is 2.48. The average Bonchev–Trinajstić information content (AvgIpc) is 2.52. The maximum absolute atomic E-state index is 12.4. The van der Waals surface area contributed by atoms with Crippen LogP contribution in [0.2, 0.25) is 0 Å². The number of hydrogen-bond acceptors (Lipinski definition) is 8. The summed E-state index contributed by atoms with van der Waals surface area (Å²) >= 11 is 5.51. The van der Waals surface area contributed by atoms with E-state index in [2.05, 4.69) is 5.29 Å². The van der Waals surface area contributed by atoms with Crippen molar-refractivity contribution in [2.75, 3.05) is 19.0 Å². The predicted octanol–water partition coefficient (Wildman–Crippen LogP) is -1.16. The summed E-state index contributed by atoms with van der Waals surface area (Å²) in [6.07, 6.45) is -7.36. The fraction of sp³-hybridized carbons (Fsp3) is 0.917. The number of alkyl halides is 1. The van der Waals surface area contributed by atoms with E-state index in [-0.39, 0.29) is 12.4 Å². The lowest BCUT2D eigenvalue weighted by molar-refractivity contribution is -0.261. The Morgan fingerprint density at radius 1 is 1.26 bits per heavy atom. The van der Waals surface area contributed by atoms with Crippen LogP contribution in [-0.2, 0) is 4.74 Å². The van der Waals surface area contributed by atoms with E-state index in [1.54, 1.807) is 13.8 Å². The number of carbonyl (C=O) groups is 1. The SMILES string of the molecule is CC(C)N(C(=O)N(CCCl)N=O)C1O[C@H](CO)[C@H](O)[C@H](O)[C@H]1O. The number of aliphatic hydroxyl groups is 4. The van der Waals surface area contributed by atoms with Gasteiger partial charge in [0.25, 0.3) is 0 Å². The third-order valence-electron chi connectivity index (χ3n) is 3.53. The first kappa shape index (κ1) is 20.0. The minimum Gasteiger partial charge on any atom is -0.394 e. The zero-order chi connectivity index (χ0) is 17.7. The van der Waals surface area contributed by atoms with E-state index in [1.165, 1.54) is 0 Å². The average molecular weight is 356 g/mol. The van der Waals surface area contributed by atoms with Crippen molar-refractivity contribution in [1.82, 2.24) is 9.91 Å². The molecule has 23 heavy (non-hydrogen) atoms. The highest BCUT2D eigenvalue weighted by molar-refractivity contribution is 6.18. The number of urea groups is 1. The van der Waals surface area contributed by atoms with Crippen molar-refractivity contribution in [3.05, 3.63) is 4.91 Å². The van der Waals surface area contributed by atoms with Crippen molar-refractivity contribution in [3.63, 3.8) is 0 Å². The van der Waals surface area contributed by atoms with Gasteiger partial charge in [-0.1, -0.05) is 0 Å². The number of hydrogen-bond donors (Lipinski definition) is 4. The number of rotatable bonds is 6. The number of halogens is 1. The highest BCUT2D eigenvalue weighted by atomic mass is 35.5. The first-order chi connectivity index (χ1) is 10.8. The van der Waals surface area contributed by atoms with Crippen LogP contribution in [-0.4, -0.2) is 92.1 Å². The van der Waals surface area contributed by atoms with Crippen molar-refractivity contribution >= 4 is 17.6 Å². The van der Waals surface area contributed by atoms with Crippen LogP contribution in [0.15, 0.2) is 5.29 Å². The maximum Gasteiger partial charge on any atom is 0.345 e. The second-order valence-electron chi connectivity index (χ2n) is 5.40. The van der Waals surface area contributed by atoms with Crippen molar-refractivity contribution < 1.29 is 30.0 Å². The van der Waals surface area contributed by atoms with Gasteiger partial charge >= 0.3 is 6.03 Å². The zero-order valence-corrected chi connectivity index (χ0v) is 13.6. The van der Waals surface area contributed by atoms with Gasteiger partial charge in [-0.2, -0.15) is 5.01 Å². The van der Waals surface area contributed by atoms with Gasteiger partial charge in [-0.05, 0) is 13.8 Å². The number of nitrogens with zero attached hydrogens (tertiary/aromatic N) is 3. The summed E-state index contributed by atoms with van der Waals surface area (Å²) in [4.78, 5) is 24.2. The summed E-state index contributed by atoms with van der Waals surface area (Å²) in [6.45, 7) is 2.43. The second-order valence-corrected chi connectivity index (χ2v) is 5.77. The van der Waals surface area contributed by atoms with Gasteiger partial charge in [0.2, 0.25) is 0 Å². The summed E-state index contributed by atoms with van der Waals surface area (Å²) in [7, 11) is 0. The van der Waals surface area contributed by atoms with Crippen LogP contribution in [0.4, 0.5) is 4.79 Å². The molecule has 0 radical (unpaired) electrons. The van der Waals surface area contributed by atoms with Crippen LogP contribution in [0.1, 0.15) is 13.8 Å². The number of aliphatic hydroxyl groups excluding tert-OH is 4. The monoisotopic (exact) mass is 355 g/mol. The summed E-state index contributed by atoms with van der Waals surface area (Å²) < 4.78 is 5.34. The van der Waals surface area contributed by atoms with Crippen LogP contribution in [0.25, 0.3) is 0 Å². The molecular weight excluding hydrogens is 334 g/mol. The molecule has 1 saturated heterocycles. The number of amides is 2. The van der Waals surface area contributed by atoms with Crippen molar-refractivity contribution in [2.24, 2.45) is 5.29 Å². The smallest absolute Gasteiger partial charge is 0.345 e. The highest BCUT2D eigenvalue weighted by Gasteiger charge is 2.48. The van der Waals surface area contributed by atoms with Crippen LogP contribution >= 0.6 is 11.6 Å². The van der Waals surface area contributed by atoms with Crippen molar-refractivity contribution in [3.8, 4) is 0 Å². The lowest BCUT2D eigenvalue weighted by Gasteiger charge is -2.46. The Morgan fingerprint density at radius 2 is 1.87 bits per heavy atom. The molecule has 1 aliphatic heterocycles. The van der Waals surface area contributed by atoms with Gasteiger partial charge in [0.15, 0.2) is 6.23 Å². The molecule has 1 heterocycles. The zero-order valence-electron chi connectivity index (χ0n) is 12.8. The lowest BCUT2D eigenvalue weighted by atomic mass is 9.97. The van der Waals surface area contributed by atoms with E-state index in [4.69, 9.17) is 16.3 Å². The van der Waals surface area contributed by atoms with Crippen LogP contribution in [0, 0.1) is 4.91 Å². The molecule has 10 nitrogen and oxygen atoms in total. The Labute approximate surface area is 138 Å². The molecule has 2 amide bonds. The van der Waals surface area contributed by atoms with Gasteiger partial charge in [0.05, 0.1) is 18.4 Å². The molecule has 1 unspecified atom stereocenters. The van der Waals surface area contributed by atoms with Gasteiger partial charge in [-0.15, -0.1) is 16.5 Å². The normalized spacial score (nSPS) is 31.0. The van der Waals surface area contributed by atoms with Gasteiger partial charge in [-0.25, -0.2) is 4.79 Å². The van der Waals surface area contributed by atoms with Crippen molar-refractivity contribution in [2.45, 2.75) is 50.5 Å². The quantitative estimate of drug-likeness (QED) is 0.267. The molecule has 1 rings (SSSR count). The Balaban J connectivity index is 3.08. The topological polar surface area (TPSA) is 143 Å². The molecule has 11 heteroatoms. The van der Waals surface area contributed by atoms with E-state index in [0.717, 1.165) is 4.90 Å². The molecule has 0 aliphatic carbocycles. The Bertz CT molecular complexity index is 412. The molecular formula is C12H22ClN3O7. The number of ether oxygens (including phenoxy) is 1. The van der Waals surface area contributed by atoms with E-state index >= 15 is 0 Å². The Hall–Kier alpha value is -1.04. The van der Waals surface area contributed by atoms with Crippen LogP contribution < -0.4 is 0 Å².